The van der Waals surface area contributed by atoms with Crippen LogP contribution in [0.4, 0.5) is 5.13 Å². The summed E-state index contributed by atoms with van der Waals surface area (Å²) in [4.78, 5) is 8.93. The molecule has 0 bridgehead atoms. The Morgan fingerprint density at radius 1 is 1.19 bits per heavy atom. The second-order valence-electron chi connectivity index (χ2n) is 6.08. The van der Waals surface area contributed by atoms with Crippen LogP contribution >= 0.6 is 11.3 Å². The van der Waals surface area contributed by atoms with Crippen LogP contribution in [0.2, 0.25) is 0 Å². The lowest BCUT2D eigenvalue weighted by Crippen LogP contribution is -2.00. The van der Waals surface area contributed by atoms with Gasteiger partial charge in [0.25, 0.3) is 0 Å². The predicted octanol–water partition coefficient (Wildman–Crippen LogP) is 3.74. The van der Waals surface area contributed by atoms with Gasteiger partial charge in [-0.3, -0.25) is 0 Å². The first kappa shape index (κ1) is 16.7. The highest BCUT2D eigenvalue weighted by Crippen LogP contribution is 2.35. The van der Waals surface area contributed by atoms with Gasteiger partial charge in [-0.1, -0.05) is 42.9 Å². The maximum atomic E-state index is 5.71. The quantitative estimate of drug-likeness (QED) is 0.670. The zero-order chi connectivity index (χ0) is 17.9. The number of benzene rings is 1. The summed E-state index contributed by atoms with van der Waals surface area (Å²) in [7, 11) is 0. The van der Waals surface area contributed by atoms with Gasteiger partial charge in [0.2, 0.25) is 11.0 Å². The molecule has 2 aromatic heterocycles. The van der Waals surface area contributed by atoms with Gasteiger partial charge in [0.05, 0.1) is 24.7 Å². The molecule has 2 heterocycles. The summed E-state index contributed by atoms with van der Waals surface area (Å²) in [5.74, 6) is 0.569. The molecule has 26 heavy (non-hydrogen) atoms. The molecule has 0 fully saturated rings. The van der Waals surface area contributed by atoms with Crippen molar-refractivity contribution in [2.24, 2.45) is 0 Å². The Morgan fingerprint density at radius 2 is 2.12 bits per heavy atom. The van der Waals surface area contributed by atoms with E-state index in [0.29, 0.717) is 17.6 Å². The van der Waals surface area contributed by atoms with Gasteiger partial charge >= 0.3 is 0 Å². The second-order valence-corrected chi connectivity index (χ2v) is 7.09. The fourth-order valence-corrected chi connectivity index (χ4v) is 3.51. The highest BCUT2D eigenvalue weighted by Gasteiger charge is 2.19. The number of unbranched alkanes of at least 4 members (excludes halogenated alkanes) is 1. The van der Waals surface area contributed by atoms with E-state index >= 15 is 0 Å². The number of ether oxygens (including phenoxy) is 1. The fraction of sp³-hybridized carbons (Fsp3) is 0.263. The third kappa shape index (κ3) is 3.30. The molecule has 7 heteroatoms. The van der Waals surface area contributed by atoms with Crippen molar-refractivity contribution in [3.05, 3.63) is 53.5 Å². The van der Waals surface area contributed by atoms with Crippen LogP contribution < -0.4 is 10.5 Å². The smallest absolute Gasteiger partial charge is 0.232 e. The maximum Gasteiger partial charge on any atom is 0.232 e. The topological polar surface area (TPSA) is 86.8 Å². The summed E-state index contributed by atoms with van der Waals surface area (Å²) in [5, 5.41) is 9.33. The lowest BCUT2D eigenvalue weighted by molar-refractivity contribution is 0.296. The summed E-state index contributed by atoms with van der Waals surface area (Å²) in [6.45, 7) is 2.80. The number of rotatable bonds is 6. The van der Waals surface area contributed by atoms with E-state index in [9.17, 15) is 0 Å². The Hall–Kier alpha value is -2.80. The summed E-state index contributed by atoms with van der Waals surface area (Å²) >= 11 is 1.39. The largest absolute Gasteiger partial charge is 0.477 e. The molecule has 3 aromatic rings. The van der Waals surface area contributed by atoms with Gasteiger partial charge in [0.1, 0.15) is 5.01 Å². The van der Waals surface area contributed by atoms with E-state index in [1.54, 1.807) is 12.4 Å². The third-order valence-corrected chi connectivity index (χ3v) is 5.07. The van der Waals surface area contributed by atoms with Crippen molar-refractivity contribution in [1.82, 2.24) is 20.2 Å². The third-order valence-electron chi connectivity index (χ3n) is 4.27. The van der Waals surface area contributed by atoms with E-state index in [-0.39, 0.29) is 0 Å². The number of hydrogen-bond acceptors (Lipinski definition) is 7. The van der Waals surface area contributed by atoms with Crippen LogP contribution in [0.5, 0.6) is 5.88 Å². The first-order valence-corrected chi connectivity index (χ1v) is 9.44. The Balaban J connectivity index is 1.59. The minimum atomic E-state index is 0.473. The first-order chi connectivity index (χ1) is 12.7. The minimum absolute atomic E-state index is 0.473. The van der Waals surface area contributed by atoms with Gasteiger partial charge in [-0.25, -0.2) is 9.97 Å². The second kappa shape index (κ2) is 7.21. The molecule has 132 valence electrons. The minimum Gasteiger partial charge on any atom is -0.477 e. The molecule has 0 spiro atoms. The van der Waals surface area contributed by atoms with Crippen LogP contribution in [0.1, 0.15) is 36.6 Å². The molecular weight excluding hydrogens is 346 g/mol. The van der Waals surface area contributed by atoms with Crippen LogP contribution in [0.15, 0.2) is 36.7 Å². The Morgan fingerprint density at radius 3 is 2.85 bits per heavy atom. The van der Waals surface area contributed by atoms with Gasteiger partial charge in [-0.2, -0.15) is 0 Å². The van der Waals surface area contributed by atoms with E-state index in [2.05, 4.69) is 51.4 Å². The number of anilines is 1. The predicted molar refractivity (Wildman–Crippen MR) is 103 cm³/mol. The molecular formula is C19H19N5OS. The van der Waals surface area contributed by atoms with Crippen LogP contribution in [0.3, 0.4) is 0 Å². The van der Waals surface area contributed by atoms with Gasteiger partial charge in [-0.05, 0) is 30.0 Å². The number of nitrogen functional groups attached to an aromatic ring is 1. The van der Waals surface area contributed by atoms with Crippen molar-refractivity contribution >= 4 is 22.0 Å². The molecule has 0 radical (unpaired) electrons. The molecule has 6 nitrogen and oxygen atoms in total. The summed E-state index contributed by atoms with van der Waals surface area (Å²) in [6.07, 6.45) is 8.65. The monoisotopic (exact) mass is 365 g/mol. The molecule has 0 saturated heterocycles. The van der Waals surface area contributed by atoms with Crippen LogP contribution in [0.25, 0.3) is 16.1 Å². The number of fused-ring (bicyclic) bond motifs is 1. The average molecular weight is 365 g/mol. The molecule has 0 amide bonds. The van der Waals surface area contributed by atoms with E-state index < -0.39 is 0 Å². The van der Waals surface area contributed by atoms with Crippen LogP contribution in [-0.2, 0) is 6.42 Å². The molecule has 0 atom stereocenters. The van der Waals surface area contributed by atoms with Crippen molar-refractivity contribution in [3.63, 3.8) is 0 Å². The van der Waals surface area contributed by atoms with E-state index in [1.165, 1.54) is 16.9 Å². The molecule has 0 aliphatic heterocycles. The van der Waals surface area contributed by atoms with Crippen molar-refractivity contribution in [3.8, 4) is 16.5 Å². The lowest BCUT2D eigenvalue weighted by Gasteiger charge is -2.08. The van der Waals surface area contributed by atoms with E-state index in [1.807, 2.05) is 0 Å². The van der Waals surface area contributed by atoms with E-state index in [0.717, 1.165) is 46.7 Å². The molecule has 1 aliphatic carbocycles. The van der Waals surface area contributed by atoms with Crippen LogP contribution in [0, 0.1) is 0 Å². The van der Waals surface area contributed by atoms with E-state index in [4.69, 9.17) is 10.5 Å². The van der Waals surface area contributed by atoms with Gasteiger partial charge < -0.3 is 10.5 Å². The number of nitrogens with zero attached hydrogens (tertiary/aromatic N) is 4. The van der Waals surface area contributed by atoms with Crippen molar-refractivity contribution in [2.45, 2.75) is 26.2 Å². The normalized spacial score (nSPS) is 12.7. The fourth-order valence-electron chi connectivity index (χ4n) is 2.90. The molecule has 1 aromatic carbocycles. The molecule has 4 rings (SSSR count). The number of nitrogens with two attached hydrogens (primary N) is 1. The van der Waals surface area contributed by atoms with Gasteiger partial charge in [0, 0.05) is 11.1 Å². The molecule has 0 unspecified atom stereocenters. The van der Waals surface area contributed by atoms with Gasteiger partial charge in [-0.15, -0.1) is 10.2 Å². The Labute approximate surface area is 155 Å². The average Bonchev–Trinajstić information content (AvgIpc) is 3.28. The Kier molecular flexibility index (Phi) is 4.62. The van der Waals surface area contributed by atoms with Crippen molar-refractivity contribution < 1.29 is 4.74 Å². The maximum absolute atomic E-state index is 5.71. The summed E-state index contributed by atoms with van der Waals surface area (Å²) < 4.78 is 5.59. The SMILES string of the molecule is CCCCOc1cnc(C2=CCc3ccc(-c4nnc(N)s4)cc32)cn1. The number of allylic oxidation sites excluding steroid dienone is 1. The van der Waals surface area contributed by atoms with Crippen molar-refractivity contribution in [2.75, 3.05) is 12.3 Å². The number of hydrogen-bond donors (Lipinski definition) is 1. The zero-order valence-electron chi connectivity index (χ0n) is 14.5. The van der Waals surface area contributed by atoms with Crippen molar-refractivity contribution in [1.29, 1.82) is 0 Å². The van der Waals surface area contributed by atoms with Gasteiger partial charge in [0.15, 0.2) is 0 Å². The molecule has 2 N–H and O–H groups in total. The number of aromatic nitrogens is 4. The summed E-state index contributed by atoms with van der Waals surface area (Å²) in [6, 6.07) is 6.31. The molecule has 1 aliphatic rings. The molecule has 0 saturated carbocycles. The standard InChI is InChI=1S/C19H19N5OS/c1-2-3-8-25-17-11-21-16(10-22-17)14-7-6-12-4-5-13(9-15(12)14)18-23-24-19(20)26-18/h4-5,7,9-11H,2-3,6,8H2,1H3,(H2,20,24). The lowest BCUT2D eigenvalue weighted by atomic mass is 10.0. The summed E-state index contributed by atoms with van der Waals surface area (Å²) in [5.41, 5.74) is 11.1. The highest BCUT2D eigenvalue weighted by atomic mass is 32.1. The first-order valence-electron chi connectivity index (χ1n) is 8.62. The highest BCUT2D eigenvalue weighted by molar-refractivity contribution is 7.18. The Bertz CT molecular complexity index is 949. The zero-order valence-corrected chi connectivity index (χ0v) is 15.3. The van der Waals surface area contributed by atoms with Crippen LogP contribution in [-0.4, -0.2) is 26.8 Å².